The highest BCUT2D eigenvalue weighted by Crippen LogP contribution is 2.15. The van der Waals surface area contributed by atoms with E-state index in [4.69, 9.17) is 5.73 Å². The summed E-state index contributed by atoms with van der Waals surface area (Å²) in [6.45, 7) is 2.06. The zero-order valence-electron chi connectivity index (χ0n) is 9.64. The highest BCUT2D eigenvalue weighted by Gasteiger charge is 2.06. The van der Waals surface area contributed by atoms with Crippen molar-refractivity contribution in [3.05, 3.63) is 41.6 Å². The van der Waals surface area contributed by atoms with Crippen molar-refractivity contribution in [1.29, 1.82) is 0 Å². The molecule has 2 heterocycles. The number of imidazole rings is 1. The van der Waals surface area contributed by atoms with Gasteiger partial charge in [-0.3, -0.25) is 0 Å². The molecular weight excluding hydrogens is 200 g/mol. The van der Waals surface area contributed by atoms with Crippen molar-refractivity contribution in [3.8, 4) is 0 Å². The van der Waals surface area contributed by atoms with Crippen LogP contribution in [0, 0.1) is 6.92 Å². The van der Waals surface area contributed by atoms with Crippen LogP contribution in [0.2, 0.25) is 0 Å². The lowest BCUT2D eigenvalue weighted by atomic mass is 10.1. The molecule has 0 aliphatic heterocycles. The Morgan fingerprint density at radius 3 is 2.69 bits per heavy atom. The number of aromatic nitrogens is 3. The third-order valence-corrected chi connectivity index (χ3v) is 2.84. The first-order valence-corrected chi connectivity index (χ1v) is 5.34. The van der Waals surface area contributed by atoms with Gasteiger partial charge in [0.1, 0.15) is 11.6 Å². The molecule has 0 aromatic carbocycles. The second kappa shape index (κ2) is 4.35. The Morgan fingerprint density at radius 2 is 2.06 bits per heavy atom. The molecule has 0 aliphatic carbocycles. The third-order valence-electron chi connectivity index (χ3n) is 2.84. The van der Waals surface area contributed by atoms with Crippen molar-refractivity contribution in [2.24, 2.45) is 7.05 Å². The maximum Gasteiger partial charge on any atom is 0.126 e. The number of rotatable bonds is 3. The minimum absolute atomic E-state index is 0.634. The molecule has 2 N–H and O–H groups in total. The number of nitrogen functional groups attached to an aromatic ring is 1. The van der Waals surface area contributed by atoms with E-state index >= 15 is 0 Å². The van der Waals surface area contributed by atoms with Crippen LogP contribution < -0.4 is 5.73 Å². The topological polar surface area (TPSA) is 56.7 Å². The molecule has 2 rings (SSSR count). The summed E-state index contributed by atoms with van der Waals surface area (Å²) in [5.74, 6) is 1.71. The molecular formula is C12H16N4. The predicted octanol–water partition coefficient (Wildman–Crippen LogP) is 1.49. The van der Waals surface area contributed by atoms with Gasteiger partial charge in [-0.2, -0.15) is 0 Å². The predicted molar refractivity (Wildman–Crippen MR) is 64.0 cm³/mol. The molecule has 0 unspecified atom stereocenters. The van der Waals surface area contributed by atoms with E-state index in [9.17, 15) is 0 Å². The lowest BCUT2D eigenvalue weighted by molar-refractivity contribution is 0.769. The average molecular weight is 216 g/mol. The Balaban J connectivity index is 2.14. The normalized spacial score (nSPS) is 10.6. The molecule has 0 atom stereocenters. The summed E-state index contributed by atoms with van der Waals surface area (Å²) < 4.78 is 2.03. The van der Waals surface area contributed by atoms with Gasteiger partial charge in [-0.25, -0.2) is 9.97 Å². The Labute approximate surface area is 95.1 Å². The lowest BCUT2D eigenvalue weighted by Crippen LogP contribution is -2.05. The van der Waals surface area contributed by atoms with Gasteiger partial charge in [0.05, 0.1) is 0 Å². The number of nitrogens with two attached hydrogens (primary N) is 1. The summed E-state index contributed by atoms with van der Waals surface area (Å²) in [4.78, 5) is 8.40. The minimum Gasteiger partial charge on any atom is -0.383 e. The maximum absolute atomic E-state index is 5.86. The summed E-state index contributed by atoms with van der Waals surface area (Å²) in [7, 11) is 2.00. The summed E-state index contributed by atoms with van der Waals surface area (Å²) >= 11 is 0. The number of pyridine rings is 1. The first-order chi connectivity index (χ1) is 7.68. The van der Waals surface area contributed by atoms with Crippen molar-refractivity contribution in [3.63, 3.8) is 0 Å². The third kappa shape index (κ3) is 2.05. The van der Waals surface area contributed by atoms with Crippen molar-refractivity contribution in [2.75, 3.05) is 5.73 Å². The van der Waals surface area contributed by atoms with Gasteiger partial charge < -0.3 is 10.3 Å². The van der Waals surface area contributed by atoms with Gasteiger partial charge in [-0.15, -0.1) is 0 Å². The molecule has 0 bridgehead atoms. The summed E-state index contributed by atoms with van der Waals surface area (Å²) in [5.41, 5.74) is 8.19. The number of hydrogen-bond acceptors (Lipinski definition) is 3. The van der Waals surface area contributed by atoms with Crippen molar-refractivity contribution < 1.29 is 0 Å². The van der Waals surface area contributed by atoms with Crippen molar-refractivity contribution >= 4 is 5.82 Å². The second-order valence-corrected chi connectivity index (χ2v) is 3.95. The van der Waals surface area contributed by atoms with Crippen LogP contribution in [0.25, 0.3) is 0 Å². The molecule has 0 fully saturated rings. The maximum atomic E-state index is 5.86. The fourth-order valence-corrected chi connectivity index (χ4v) is 1.81. The zero-order valence-corrected chi connectivity index (χ0v) is 9.64. The SMILES string of the molecule is Cc1ccnc(N)c1CCc1nccn1C. The smallest absolute Gasteiger partial charge is 0.126 e. The average Bonchev–Trinajstić information content (AvgIpc) is 2.64. The minimum atomic E-state index is 0.634. The van der Waals surface area contributed by atoms with Crippen LogP contribution >= 0.6 is 0 Å². The molecule has 4 heteroatoms. The Morgan fingerprint density at radius 1 is 1.25 bits per heavy atom. The van der Waals surface area contributed by atoms with E-state index in [2.05, 4.69) is 16.9 Å². The number of nitrogens with zero attached hydrogens (tertiary/aromatic N) is 3. The van der Waals surface area contributed by atoms with Crippen molar-refractivity contribution in [1.82, 2.24) is 14.5 Å². The monoisotopic (exact) mass is 216 g/mol. The first-order valence-electron chi connectivity index (χ1n) is 5.34. The van der Waals surface area contributed by atoms with Gasteiger partial charge in [-0.1, -0.05) is 0 Å². The molecule has 4 nitrogen and oxygen atoms in total. The molecule has 0 saturated heterocycles. The molecule has 0 radical (unpaired) electrons. The molecule has 2 aromatic rings. The quantitative estimate of drug-likeness (QED) is 0.845. The molecule has 0 saturated carbocycles. The summed E-state index contributed by atoms with van der Waals surface area (Å²) in [6.07, 6.45) is 7.29. The Bertz CT molecular complexity index is 467. The van der Waals surface area contributed by atoms with Gasteiger partial charge in [0, 0.05) is 32.1 Å². The molecule has 16 heavy (non-hydrogen) atoms. The first kappa shape index (κ1) is 10.7. The highest BCUT2D eigenvalue weighted by atomic mass is 15.0. The van der Waals surface area contributed by atoms with E-state index in [-0.39, 0.29) is 0 Å². The fourth-order valence-electron chi connectivity index (χ4n) is 1.81. The van der Waals surface area contributed by atoms with Gasteiger partial charge in [0.2, 0.25) is 0 Å². The van der Waals surface area contributed by atoms with Crippen LogP contribution in [-0.2, 0) is 19.9 Å². The van der Waals surface area contributed by atoms with Crippen LogP contribution in [0.15, 0.2) is 24.7 Å². The molecule has 0 spiro atoms. The van der Waals surface area contributed by atoms with Crippen LogP contribution in [0.3, 0.4) is 0 Å². The van der Waals surface area contributed by atoms with E-state index in [0.717, 1.165) is 24.2 Å². The zero-order chi connectivity index (χ0) is 11.5. The van der Waals surface area contributed by atoms with E-state index in [1.807, 2.05) is 30.1 Å². The largest absolute Gasteiger partial charge is 0.383 e. The van der Waals surface area contributed by atoms with Gasteiger partial charge >= 0.3 is 0 Å². The molecule has 84 valence electrons. The van der Waals surface area contributed by atoms with Gasteiger partial charge in [0.25, 0.3) is 0 Å². The lowest BCUT2D eigenvalue weighted by Gasteiger charge is -2.08. The Hall–Kier alpha value is -1.84. The summed E-state index contributed by atoms with van der Waals surface area (Å²) in [6, 6.07) is 1.99. The van der Waals surface area contributed by atoms with Crippen LogP contribution in [0.4, 0.5) is 5.82 Å². The highest BCUT2D eigenvalue weighted by molar-refractivity contribution is 5.43. The van der Waals surface area contributed by atoms with Gasteiger partial charge in [0.15, 0.2) is 0 Å². The second-order valence-electron chi connectivity index (χ2n) is 3.95. The van der Waals surface area contributed by atoms with E-state index in [1.165, 1.54) is 5.56 Å². The summed E-state index contributed by atoms with van der Waals surface area (Å²) in [5, 5.41) is 0. The van der Waals surface area contributed by atoms with Gasteiger partial charge in [-0.05, 0) is 30.5 Å². The van der Waals surface area contributed by atoms with Crippen LogP contribution in [0.1, 0.15) is 17.0 Å². The van der Waals surface area contributed by atoms with Crippen molar-refractivity contribution in [2.45, 2.75) is 19.8 Å². The Kier molecular flexibility index (Phi) is 2.90. The number of aryl methyl sites for hydroxylation is 3. The standard InChI is InChI=1S/C12H16N4/c1-9-5-6-15-12(13)10(9)3-4-11-14-7-8-16(11)2/h5-8H,3-4H2,1-2H3,(H2,13,15). The molecule has 0 amide bonds. The van der Waals surface area contributed by atoms with E-state index in [1.54, 1.807) is 6.20 Å². The fraction of sp³-hybridized carbons (Fsp3) is 0.333. The number of hydrogen-bond donors (Lipinski definition) is 1. The molecule has 2 aromatic heterocycles. The van der Waals surface area contributed by atoms with Crippen LogP contribution in [0.5, 0.6) is 0 Å². The van der Waals surface area contributed by atoms with Crippen LogP contribution in [-0.4, -0.2) is 14.5 Å². The van der Waals surface area contributed by atoms with E-state index < -0.39 is 0 Å². The number of anilines is 1. The molecule has 0 aliphatic rings. The van der Waals surface area contributed by atoms with E-state index in [0.29, 0.717) is 5.82 Å².